The molecule has 0 spiro atoms. The number of carbonyl (C=O) groups excluding carboxylic acids is 1. The Morgan fingerprint density at radius 3 is 3.11 bits per heavy atom. The van der Waals surface area contributed by atoms with Gasteiger partial charge in [-0.2, -0.15) is 0 Å². The van der Waals surface area contributed by atoms with E-state index in [4.69, 9.17) is 9.47 Å². The predicted octanol–water partition coefficient (Wildman–Crippen LogP) is 1.40. The number of hydrogen-bond acceptors (Lipinski definition) is 4. The number of ketones is 1. The number of hydrogen-bond donors (Lipinski definition) is 1. The van der Waals surface area contributed by atoms with Gasteiger partial charge in [0, 0.05) is 19.0 Å². The van der Waals surface area contributed by atoms with Crippen molar-refractivity contribution in [1.29, 1.82) is 0 Å². The van der Waals surface area contributed by atoms with Gasteiger partial charge < -0.3 is 14.8 Å². The zero-order chi connectivity index (χ0) is 13.0. The summed E-state index contributed by atoms with van der Waals surface area (Å²) in [6, 6.07) is 3.94. The summed E-state index contributed by atoms with van der Waals surface area (Å²) in [5.74, 6) is -0.181. The average Bonchev–Trinajstić information content (AvgIpc) is 2.40. The van der Waals surface area contributed by atoms with E-state index < -0.39 is 5.82 Å². The maximum absolute atomic E-state index is 13.2. The van der Waals surface area contributed by atoms with Crippen LogP contribution in [0.2, 0.25) is 0 Å². The van der Waals surface area contributed by atoms with Gasteiger partial charge in [0.25, 0.3) is 0 Å². The van der Waals surface area contributed by atoms with Crippen molar-refractivity contribution in [1.82, 2.24) is 5.32 Å². The smallest absolute Gasteiger partial charge is 0.168 e. The van der Waals surface area contributed by atoms with Crippen LogP contribution in [-0.4, -0.2) is 38.7 Å². The number of benzene rings is 1. The lowest BCUT2D eigenvalue weighted by atomic mass is 10.0. The molecule has 1 aromatic carbocycles. The summed E-state index contributed by atoms with van der Waals surface area (Å²) in [7, 11) is 1.46. The Balaban J connectivity index is 2.09. The van der Waals surface area contributed by atoms with E-state index in [1.54, 1.807) is 0 Å². The highest BCUT2D eigenvalue weighted by Crippen LogP contribution is 2.21. The second-order valence-electron chi connectivity index (χ2n) is 4.20. The second kappa shape index (κ2) is 5.93. The molecule has 1 unspecified atom stereocenters. The first kappa shape index (κ1) is 13.0. The summed E-state index contributed by atoms with van der Waals surface area (Å²) in [5, 5.41) is 3.19. The molecule has 1 fully saturated rings. The Hall–Kier alpha value is -1.46. The lowest BCUT2D eigenvalue weighted by molar-refractivity contribution is 0.0675. The Kier molecular flexibility index (Phi) is 4.28. The largest absolute Gasteiger partial charge is 0.496 e. The van der Waals surface area contributed by atoms with Gasteiger partial charge >= 0.3 is 0 Å². The molecule has 5 heteroatoms. The molecule has 1 N–H and O–H groups in total. The SMILES string of the molecule is COc1ccc(F)cc1C(=O)CC1COCCN1. The van der Waals surface area contributed by atoms with Gasteiger partial charge in [0.1, 0.15) is 11.6 Å². The first-order valence-corrected chi connectivity index (χ1v) is 5.88. The van der Waals surface area contributed by atoms with Crippen molar-refractivity contribution >= 4 is 5.78 Å². The van der Waals surface area contributed by atoms with Crippen LogP contribution in [0.5, 0.6) is 5.75 Å². The van der Waals surface area contributed by atoms with Gasteiger partial charge in [-0.15, -0.1) is 0 Å². The molecule has 1 aliphatic rings. The van der Waals surface area contributed by atoms with E-state index in [9.17, 15) is 9.18 Å². The van der Waals surface area contributed by atoms with Gasteiger partial charge in [-0.3, -0.25) is 4.79 Å². The van der Waals surface area contributed by atoms with Crippen molar-refractivity contribution in [3.63, 3.8) is 0 Å². The molecule has 2 rings (SSSR count). The molecule has 4 nitrogen and oxygen atoms in total. The second-order valence-corrected chi connectivity index (χ2v) is 4.20. The van der Waals surface area contributed by atoms with Crippen molar-refractivity contribution < 1.29 is 18.7 Å². The van der Waals surface area contributed by atoms with E-state index in [1.165, 1.54) is 25.3 Å². The van der Waals surface area contributed by atoms with E-state index in [1.807, 2.05) is 0 Å². The Morgan fingerprint density at radius 2 is 2.44 bits per heavy atom. The molecular formula is C13H16FNO3. The third-order valence-electron chi connectivity index (χ3n) is 2.89. The minimum atomic E-state index is -0.438. The maximum atomic E-state index is 13.2. The van der Waals surface area contributed by atoms with E-state index in [0.717, 1.165) is 6.54 Å². The van der Waals surface area contributed by atoms with Crippen LogP contribution in [0.3, 0.4) is 0 Å². The van der Waals surface area contributed by atoms with Crippen molar-refractivity contribution in [2.45, 2.75) is 12.5 Å². The molecule has 98 valence electrons. The average molecular weight is 253 g/mol. The monoisotopic (exact) mass is 253 g/mol. The summed E-state index contributed by atoms with van der Waals surface area (Å²) in [5.41, 5.74) is 0.282. The fourth-order valence-corrected chi connectivity index (χ4v) is 1.98. The van der Waals surface area contributed by atoms with Crippen molar-refractivity contribution in [2.24, 2.45) is 0 Å². The molecule has 18 heavy (non-hydrogen) atoms. The summed E-state index contributed by atoms with van der Waals surface area (Å²) in [6.07, 6.45) is 0.278. The van der Waals surface area contributed by atoms with Gasteiger partial charge in [-0.05, 0) is 18.2 Å². The minimum absolute atomic E-state index is 0.0146. The molecule has 0 saturated carbocycles. The minimum Gasteiger partial charge on any atom is -0.496 e. The van der Waals surface area contributed by atoms with Crippen LogP contribution < -0.4 is 10.1 Å². The number of rotatable bonds is 4. The lowest BCUT2D eigenvalue weighted by Gasteiger charge is -2.23. The van der Waals surface area contributed by atoms with Crippen molar-refractivity contribution in [3.8, 4) is 5.75 Å². The highest BCUT2D eigenvalue weighted by molar-refractivity contribution is 5.99. The fourth-order valence-electron chi connectivity index (χ4n) is 1.98. The molecule has 0 amide bonds. The molecular weight excluding hydrogens is 237 g/mol. The molecule has 0 aliphatic carbocycles. The Morgan fingerprint density at radius 1 is 1.61 bits per heavy atom. The van der Waals surface area contributed by atoms with E-state index >= 15 is 0 Å². The molecule has 1 saturated heterocycles. The highest BCUT2D eigenvalue weighted by Gasteiger charge is 2.20. The van der Waals surface area contributed by atoms with Crippen LogP contribution in [0.15, 0.2) is 18.2 Å². The number of ether oxygens (including phenoxy) is 2. The Bertz CT molecular complexity index is 430. The number of nitrogens with one attached hydrogen (secondary N) is 1. The van der Waals surface area contributed by atoms with Crippen LogP contribution >= 0.6 is 0 Å². The van der Waals surface area contributed by atoms with Gasteiger partial charge in [0.05, 0.1) is 25.9 Å². The van der Waals surface area contributed by atoms with Crippen LogP contribution in [0, 0.1) is 5.82 Å². The number of Topliss-reactive ketones (excluding diaryl/α,β-unsaturated/α-hetero) is 1. The quantitative estimate of drug-likeness (QED) is 0.824. The van der Waals surface area contributed by atoms with E-state index in [-0.39, 0.29) is 23.8 Å². The zero-order valence-electron chi connectivity index (χ0n) is 10.2. The number of carbonyl (C=O) groups is 1. The van der Waals surface area contributed by atoms with Crippen LogP contribution in [0.25, 0.3) is 0 Å². The highest BCUT2D eigenvalue weighted by atomic mass is 19.1. The summed E-state index contributed by atoms with van der Waals surface area (Å²) in [6.45, 7) is 1.90. The molecule has 0 bridgehead atoms. The maximum Gasteiger partial charge on any atom is 0.168 e. The lowest BCUT2D eigenvalue weighted by Crippen LogP contribution is -2.42. The van der Waals surface area contributed by atoms with Crippen LogP contribution in [0.1, 0.15) is 16.8 Å². The molecule has 0 aromatic heterocycles. The molecule has 1 heterocycles. The number of halogens is 1. The van der Waals surface area contributed by atoms with Gasteiger partial charge in [-0.25, -0.2) is 4.39 Å². The summed E-state index contributed by atoms with van der Waals surface area (Å²) < 4.78 is 23.5. The van der Waals surface area contributed by atoms with Crippen molar-refractivity contribution in [2.75, 3.05) is 26.9 Å². The zero-order valence-corrected chi connectivity index (χ0v) is 10.2. The first-order valence-electron chi connectivity index (χ1n) is 5.88. The molecule has 1 atom stereocenters. The summed E-state index contributed by atoms with van der Waals surface area (Å²) >= 11 is 0. The third kappa shape index (κ3) is 3.05. The molecule has 0 radical (unpaired) electrons. The normalized spacial score (nSPS) is 19.6. The molecule has 1 aliphatic heterocycles. The standard InChI is InChI=1S/C13H16FNO3/c1-17-13-3-2-9(14)6-11(13)12(16)7-10-8-18-5-4-15-10/h2-3,6,10,15H,4-5,7-8H2,1H3. The fraction of sp³-hybridized carbons (Fsp3) is 0.462. The predicted molar refractivity (Wildman–Crippen MR) is 64.5 cm³/mol. The first-order chi connectivity index (χ1) is 8.70. The van der Waals surface area contributed by atoms with Crippen molar-refractivity contribution in [3.05, 3.63) is 29.6 Å². The number of methoxy groups -OCH3 is 1. The molecule has 1 aromatic rings. The van der Waals surface area contributed by atoms with E-state index in [2.05, 4.69) is 5.32 Å². The Labute approximate surface area is 105 Å². The van der Waals surface area contributed by atoms with E-state index in [0.29, 0.717) is 19.0 Å². The number of morpholine rings is 1. The van der Waals surface area contributed by atoms with Gasteiger partial charge in [0.2, 0.25) is 0 Å². The van der Waals surface area contributed by atoms with Gasteiger partial charge in [-0.1, -0.05) is 0 Å². The van der Waals surface area contributed by atoms with Crippen LogP contribution in [-0.2, 0) is 4.74 Å². The topological polar surface area (TPSA) is 47.6 Å². The third-order valence-corrected chi connectivity index (χ3v) is 2.89. The summed E-state index contributed by atoms with van der Waals surface area (Å²) in [4.78, 5) is 12.1. The van der Waals surface area contributed by atoms with Crippen LogP contribution in [0.4, 0.5) is 4.39 Å². The van der Waals surface area contributed by atoms with Gasteiger partial charge in [0.15, 0.2) is 5.78 Å².